The zero-order valence-corrected chi connectivity index (χ0v) is 6.93. The van der Waals surface area contributed by atoms with Gasteiger partial charge in [-0.3, -0.25) is 0 Å². The molecule has 0 aliphatic rings. The fraction of sp³-hybridized carbons (Fsp3) is 0.667. The second-order valence-corrected chi connectivity index (χ2v) is 2.04. The summed E-state index contributed by atoms with van der Waals surface area (Å²) in [6.07, 6.45) is 0.329. The van der Waals surface area contributed by atoms with Crippen LogP contribution >= 0.6 is 12.2 Å². The summed E-state index contributed by atoms with van der Waals surface area (Å²) in [5.41, 5.74) is 0. The Balaban J connectivity index is 3.89. The molecule has 0 aromatic carbocycles. The summed E-state index contributed by atoms with van der Waals surface area (Å²) >= 11 is 4.28. The molecule has 0 aromatic heterocycles. The van der Waals surface area contributed by atoms with E-state index in [9.17, 15) is 4.79 Å². The number of carbonyl (C=O) groups is 1. The van der Waals surface area contributed by atoms with Gasteiger partial charge in [-0.2, -0.15) is 0 Å². The Kier molecular flexibility index (Phi) is 5.56. The van der Waals surface area contributed by atoms with Gasteiger partial charge in [0.05, 0.1) is 5.16 Å². The Morgan fingerprint density at radius 1 is 1.91 bits per heavy atom. The number of aliphatic imine (C=N–C) groups is 1. The third kappa shape index (κ3) is 4.61. The molecule has 0 rings (SSSR count). The second-order valence-electron chi connectivity index (χ2n) is 1.86. The van der Waals surface area contributed by atoms with Gasteiger partial charge < -0.3 is 9.84 Å². The number of aliphatic carboxylic acids is 1. The highest BCUT2D eigenvalue weighted by atomic mass is 32.1. The van der Waals surface area contributed by atoms with Crippen LogP contribution in [-0.2, 0) is 9.53 Å². The van der Waals surface area contributed by atoms with Crippen molar-refractivity contribution in [1.29, 1.82) is 0 Å². The quantitative estimate of drug-likeness (QED) is 0.490. The molecule has 0 aliphatic heterocycles. The van der Waals surface area contributed by atoms with Crippen LogP contribution in [0.5, 0.6) is 0 Å². The fourth-order valence-electron chi connectivity index (χ4n) is 0.536. The number of rotatable bonds is 5. The lowest BCUT2D eigenvalue weighted by Crippen LogP contribution is -2.19. The lowest BCUT2D eigenvalue weighted by atomic mass is 10.2. The highest BCUT2D eigenvalue weighted by molar-refractivity contribution is 7.78. The van der Waals surface area contributed by atoms with E-state index in [0.29, 0.717) is 13.0 Å². The topological polar surface area (TPSA) is 58.9 Å². The van der Waals surface area contributed by atoms with Crippen molar-refractivity contribution in [1.82, 2.24) is 0 Å². The average molecular weight is 175 g/mol. The zero-order valence-electron chi connectivity index (χ0n) is 6.11. The van der Waals surface area contributed by atoms with E-state index in [1.165, 1.54) is 7.11 Å². The summed E-state index contributed by atoms with van der Waals surface area (Å²) in [5.74, 6) is -1.00. The molecule has 0 heterocycles. The van der Waals surface area contributed by atoms with Gasteiger partial charge >= 0.3 is 5.97 Å². The molecule has 1 unspecified atom stereocenters. The molecular formula is C6H9NO3S. The maximum atomic E-state index is 10.4. The number of nitrogens with zero attached hydrogens (tertiary/aromatic N) is 1. The first-order valence-electron chi connectivity index (χ1n) is 3.01. The van der Waals surface area contributed by atoms with Gasteiger partial charge in [-0.1, -0.05) is 0 Å². The number of carboxylic acids is 1. The number of hydrogen-bond donors (Lipinski definition) is 1. The molecule has 0 saturated carbocycles. The van der Waals surface area contributed by atoms with Gasteiger partial charge in [0, 0.05) is 20.1 Å². The zero-order chi connectivity index (χ0) is 8.69. The van der Waals surface area contributed by atoms with Crippen LogP contribution in [0.15, 0.2) is 4.99 Å². The molecule has 0 amide bonds. The Hall–Kier alpha value is -0.770. The molecule has 0 aromatic rings. The number of hydrogen-bond acceptors (Lipinski definition) is 4. The molecule has 0 bridgehead atoms. The minimum absolute atomic E-state index is 0.329. The molecule has 0 spiro atoms. The first-order chi connectivity index (χ1) is 5.22. The van der Waals surface area contributed by atoms with Gasteiger partial charge in [-0.15, -0.1) is 0 Å². The van der Waals surface area contributed by atoms with E-state index < -0.39 is 12.0 Å². The lowest BCUT2D eigenvalue weighted by molar-refractivity contribution is -0.138. The van der Waals surface area contributed by atoms with E-state index >= 15 is 0 Å². The van der Waals surface area contributed by atoms with Crippen LogP contribution in [0.3, 0.4) is 0 Å². The van der Waals surface area contributed by atoms with Crippen LogP contribution in [-0.4, -0.2) is 36.0 Å². The van der Waals surface area contributed by atoms with E-state index in [4.69, 9.17) is 5.11 Å². The van der Waals surface area contributed by atoms with Crippen LogP contribution in [0.1, 0.15) is 6.42 Å². The summed E-state index contributed by atoms with van der Waals surface area (Å²) in [6.45, 7) is 0.359. The smallest absolute Gasteiger partial charge is 0.329 e. The van der Waals surface area contributed by atoms with Crippen LogP contribution in [0.4, 0.5) is 0 Å². The standard InChI is InChI=1S/C6H9NO3S/c1-10-3-2-5(6(8)9)7-4-11/h5H,2-3H2,1H3,(H,8,9). The largest absolute Gasteiger partial charge is 0.480 e. The van der Waals surface area contributed by atoms with Gasteiger partial charge in [0.15, 0.2) is 6.04 Å². The van der Waals surface area contributed by atoms with Crippen molar-refractivity contribution in [2.24, 2.45) is 4.99 Å². The van der Waals surface area contributed by atoms with E-state index in [0.717, 1.165) is 0 Å². The summed E-state index contributed by atoms with van der Waals surface area (Å²) in [4.78, 5) is 13.8. The average Bonchev–Trinajstić information content (AvgIpc) is 1.97. The molecule has 0 fully saturated rings. The maximum Gasteiger partial charge on any atom is 0.329 e. The van der Waals surface area contributed by atoms with Crippen LogP contribution in [0.2, 0.25) is 0 Å². The first kappa shape index (κ1) is 10.2. The number of thiocarbonyl (C=S) groups is 1. The number of ether oxygens (including phenoxy) is 1. The minimum Gasteiger partial charge on any atom is -0.480 e. The Bertz CT molecular complexity index is 175. The molecule has 0 aliphatic carbocycles. The van der Waals surface area contributed by atoms with Gasteiger partial charge in [0.2, 0.25) is 0 Å². The molecule has 5 heteroatoms. The fourth-order valence-corrected chi connectivity index (χ4v) is 0.664. The Morgan fingerprint density at radius 2 is 2.55 bits per heavy atom. The summed E-state index contributed by atoms with van der Waals surface area (Å²) in [6, 6.07) is -0.813. The van der Waals surface area contributed by atoms with Crippen molar-refractivity contribution >= 4 is 23.3 Å². The van der Waals surface area contributed by atoms with Gasteiger partial charge in [0.1, 0.15) is 0 Å². The molecule has 62 valence electrons. The molecule has 0 radical (unpaired) electrons. The predicted molar refractivity (Wildman–Crippen MR) is 42.9 cm³/mol. The highest BCUT2D eigenvalue weighted by Crippen LogP contribution is 1.97. The second kappa shape index (κ2) is 5.97. The van der Waals surface area contributed by atoms with Crippen molar-refractivity contribution < 1.29 is 14.6 Å². The molecule has 11 heavy (non-hydrogen) atoms. The van der Waals surface area contributed by atoms with Crippen molar-refractivity contribution in [3.63, 3.8) is 0 Å². The SMILES string of the molecule is COCCC(N=C=S)C(=O)O. The normalized spacial score (nSPS) is 11.7. The van der Waals surface area contributed by atoms with E-state index in [1.54, 1.807) is 0 Å². The highest BCUT2D eigenvalue weighted by Gasteiger charge is 2.14. The Labute approximate surface area is 69.9 Å². The van der Waals surface area contributed by atoms with Crippen LogP contribution < -0.4 is 0 Å². The third-order valence-electron chi connectivity index (χ3n) is 1.09. The first-order valence-corrected chi connectivity index (χ1v) is 3.42. The van der Waals surface area contributed by atoms with Gasteiger partial charge in [-0.05, 0) is 12.2 Å². The minimum atomic E-state index is -1.00. The molecular weight excluding hydrogens is 166 g/mol. The van der Waals surface area contributed by atoms with Crippen molar-refractivity contribution in [2.45, 2.75) is 12.5 Å². The number of methoxy groups -OCH3 is 1. The lowest BCUT2D eigenvalue weighted by Gasteiger charge is -2.02. The number of carboxylic acid groups (broad SMARTS) is 1. The maximum absolute atomic E-state index is 10.4. The molecule has 4 nitrogen and oxygen atoms in total. The summed E-state index contributed by atoms with van der Waals surface area (Å²) < 4.78 is 4.68. The monoisotopic (exact) mass is 175 g/mol. The van der Waals surface area contributed by atoms with E-state index in [-0.39, 0.29) is 0 Å². The van der Waals surface area contributed by atoms with Crippen molar-refractivity contribution in [2.75, 3.05) is 13.7 Å². The van der Waals surface area contributed by atoms with E-state index in [2.05, 4.69) is 21.9 Å². The third-order valence-corrected chi connectivity index (χ3v) is 1.19. The van der Waals surface area contributed by atoms with Crippen LogP contribution in [0, 0.1) is 0 Å². The van der Waals surface area contributed by atoms with Gasteiger partial charge in [0.25, 0.3) is 0 Å². The van der Waals surface area contributed by atoms with Crippen molar-refractivity contribution in [3.05, 3.63) is 0 Å². The predicted octanol–water partition coefficient (Wildman–Crippen LogP) is 0.579. The number of isothiocyanates is 1. The Morgan fingerprint density at radius 3 is 2.91 bits per heavy atom. The van der Waals surface area contributed by atoms with Gasteiger partial charge in [-0.25, -0.2) is 9.79 Å². The summed E-state index contributed by atoms with van der Waals surface area (Å²) in [7, 11) is 1.50. The molecule has 1 atom stereocenters. The van der Waals surface area contributed by atoms with Crippen LogP contribution in [0.25, 0.3) is 0 Å². The molecule has 1 N–H and O–H groups in total. The van der Waals surface area contributed by atoms with Crippen molar-refractivity contribution in [3.8, 4) is 0 Å². The van der Waals surface area contributed by atoms with E-state index in [1.807, 2.05) is 5.16 Å². The summed E-state index contributed by atoms with van der Waals surface area (Å²) in [5, 5.41) is 10.5. The molecule has 0 saturated heterocycles.